The van der Waals surface area contributed by atoms with Gasteiger partial charge in [-0.15, -0.1) is 0 Å². The van der Waals surface area contributed by atoms with E-state index in [0.29, 0.717) is 35.5 Å². The van der Waals surface area contributed by atoms with Crippen LogP contribution in [0.25, 0.3) is 11.4 Å². The molecule has 0 atom stereocenters. The number of rotatable bonds is 4. The van der Waals surface area contributed by atoms with Crippen LogP contribution in [0.3, 0.4) is 0 Å². The van der Waals surface area contributed by atoms with Crippen molar-refractivity contribution in [3.05, 3.63) is 83.7 Å². The van der Waals surface area contributed by atoms with Crippen molar-refractivity contribution < 1.29 is 9.32 Å². The second kappa shape index (κ2) is 7.44. The van der Waals surface area contributed by atoms with E-state index in [9.17, 15) is 4.79 Å². The molecule has 0 aliphatic carbocycles. The van der Waals surface area contributed by atoms with E-state index in [1.54, 1.807) is 17.0 Å². The van der Waals surface area contributed by atoms with E-state index in [1.807, 2.05) is 55.5 Å². The van der Waals surface area contributed by atoms with Gasteiger partial charge in [0.05, 0.1) is 0 Å². The van der Waals surface area contributed by atoms with E-state index in [4.69, 9.17) is 4.52 Å². The zero-order valence-electron chi connectivity index (χ0n) is 16.4. The molecule has 2 aromatic carbocycles. The van der Waals surface area contributed by atoms with Crippen molar-refractivity contribution >= 4 is 23.2 Å². The van der Waals surface area contributed by atoms with Crippen LogP contribution in [-0.2, 0) is 6.42 Å². The lowest BCUT2D eigenvalue weighted by Gasteiger charge is -2.17. The lowest BCUT2D eigenvalue weighted by atomic mass is 10.2. The summed E-state index contributed by atoms with van der Waals surface area (Å²) >= 11 is 0. The van der Waals surface area contributed by atoms with E-state index in [1.165, 1.54) is 5.56 Å². The number of carbonyl (C=O) groups excluding carboxylic acids is 1. The number of hydrogen-bond donors (Lipinski definition) is 1. The van der Waals surface area contributed by atoms with Crippen LogP contribution < -0.4 is 10.2 Å². The van der Waals surface area contributed by atoms with Crippen LogP contribution in [0.5, 0.6) is 0 Å². The Morgan fingerprint density at radius 1 is 1.00 bits per heavy atom. The Morgan fingerprint density at radius 2 is 1.80 bits per heavy atom. The van der Waals surface area contributed by atoms with Crippen molar-refractivity contribution in [2.24, 2.45) is 0 Å². The summed E-state index contributed by atoms with van der Waals surface area (Å²) in [5.41, 5.74) is 3.25. The minimum absolute atomic E-state index is 0.154. The Hall–Kier alpha value is -4.00. The SMILES string of the molecule is Cc1cc(Nc2cc(C(=O)N3CCc4ccccc43)nc(-c3ccccc3)n2)no1. The van der Waals surface area contributed by atoms with Gasteiger partial charge in [-0.25, -0.2) is 9.97 Å². The van der Waals surface area contributed by atoms with Crippen LogP contribution in [0.4, 0.5) is 17.3 Å². The first-order valence-corrected chi connectivity index (χ1v) is 9.72. The highest BCUT2D eigenvalue weighted by Crippen LogP contribution is 2.29. The highest BCUT2D eigenvalue weighted by Gasteiger charge is 2.27. The van der Waals surface area contributed by atoms with E-state index in [0.717, 1.165) is 17.7 Å². The molecular weight excluding hydrogens is 378 g/mol. The number of nitrogens with zero attached hydrogens (tertiary/aromatic N) is 4. The monoisotopic (exact) mass is 397 g/mol. The maximum atomic E-state index is 13.4. The Balaban J connectivity index is 1.55. The number of carbonyl (C=O) groups is 1. The second-order valence-corrected chi connectivity index (χ2v) is 7.11. The van der Waals surface area contributed by atoms with Crippen molar-refractivity contribution in [3.63, 3.8) is 0 Å². The van der Waals surface area contributed by atoms with Gasteiger partial charge in [-0.05, 0) is 25.0 Å². The molecule has 0 bridgehead atoms. The minimum Gasteiger partial charge on any atom is -0.360 e. The van der Waals surface area contributed by atoms with Gasteiger partial charge >= 0.3 is 0 Å². The molecule has 1 aliphatic rings. The van der Waals surface area contributed by atoms with E-state index < -0.39 is 0 Å². The number of hydrogen-bond acceptors (Lipinski definition) is 6. The molecule has 1 N–H and O–H groups in total. The maximum Gasteiger partial charge on any atom is 0.277 e. The maximum absolute atomic E-state index is 13.4. The highest BCUT2D eigenvalue weighted by molar-refractivity contribution is 6.06. The van der Waals surface area contributed by atoms with Crippen LogP contribution in [0, 0.1) is 6.92 Å². The van der Waals surface area contributed by atoms with Crippen molar-refractivity contribution in [2.75, 3.05) is 16.8 Å². The number of benzene rings is 2. The van der Waals surface area contributed by atoms with Gasteiger partial charge in [0.2, 0.25) is 0 Å². The second-order valence-electron chi connectivity index (χ2n) is 7.11. The third kappa shape index (κ3) is 3.41. The zero-order valence-corrected chi connectivity index (χ0v) is 16.4. The number of aryl methyl sites for hydroxylation is 1. The molecule has 4 aromatic rings. The molecule has 5 rings (SSSR count). The molecule has 7 heteroatoms. The van der Waals surface area contributed by atoms with Crippen LogP contribution >= 0.6 is 0 Å². The molecule has 0 spiro atoms. The summed E-state index contributed by atoms with van der Waals surface area (Å²) in [7, 11) is 0. The summed E-state index contributed by atoms with van der Waals surface area (Å²) in [5, 5.41) is 7.07. The van der Waals surface area contributed by atoms with Gasteiger partial charge in [-0.1, -0.05) is 53.7 Å². The fourth-order valence-electron chi connectivity index (χ4n) is 3.58. The van der Waals surface area contributed by atoms with Crippen molar-refractivity contribution in [2.45, 2.75) is 13.3 Å². The molecule has 1 amide bonds. The number of para-hydroxylation sites is 1. The lowest BCUT2D eigenvalue weighted by Crippen LogP contribution is -2.30. The first kappa shape index (κ1) is 18.1. The average Bonchev–Trinajstić information content (AvgIpc) is 3.39. The molecule has 0 radical (unpaired) electrons. The Labute approximate surface area is 173 Å². The smallest absolute Gasteiger partial charge is 0.277 e. The predicted octanol–water partition coefficient (Wildman–Crippen LogP) is 4.39. The molecule has 30 heavy (non-hydrogen) atoms. The fraction of sp³-hybridized carbons (Fsp3) is 0.130. The molecule has 7 nitrogen and oxygen atoms in total. The normalized spacial score (nSPS) is 12.6. The van der Waals surface area contributed by atoms with Gasteiger partial charge < -0.3 is 14.7 Å². The predicted molar refractivity (Wildman–Crippen MR) is 114 cm³/mol. The third-order valence-electron chi connectivity index (χ3n) is 4.99. The molecule has 1 aliphatic heterocycles. The molecule has 148 valence electrons. The number of amides is 1. The molecule has 0 unspecified atom stereocenters. The summed E-state index contributed by atoms with van der Waals surface area (Å²) < 4.78 is 5.12. The standard InChI is InChI=1S/C23H19N5O2/c1-15-13-21(27-30-15)25-20-14-18(24-22(26-20)17-8-3-2-4-9-17)23(29)28-12-11-16-7-5-6-10-19(16)28/h2-10,13-14H,11-12H2,1H3,(H,24,25,26,27). The van der Waals surface area contributed by atoms with Gasteiger partial charge in [0.1, 0.15) is 17.3 Å². The fourth-order valence-corrected chi connectivity index (χ4v) is 3.58. The van der Waals surface area contributed by atoms with Crippen molar-refractivity contribution in [1.82, 2.24) is 15.1 Å². The Bertz CT molecular complexity index is 1220. The molecule has 0 saturated carbocycles. The van der Waals surface area contributed by atoms with Crippen LogP contribution in [0.15, 0.2) is 71.3 Å². The molecule has 0 saturated heterocycles. The number of anilines is 3. The summed E-state index contributed by atoms with van der Waals surface area (Å²) in [5.74, 6) is 2.00. The number of aromatic nitrogens is 3. The van der Waals surface area contributed by atoms with Gasteiger partial charge in [0.15, 0.2) is 11.6 Å². The van der Waals surface area contributed by atoms with Crippen LogP contribution in [0.1, 0.15) is 21.8 Å². The van der Waals surface area contributed by atoms with Gasteiger partial charge in [0, 0.05) is 29.9 Å². The molecule has 2 aromatic heterocycles. The van der Waals surface area contributed by atoms with Gasteiger partial charge in [-0.2, -0.15) is 0 Å². The van der Waals surface area contributed by atoms with Gasteiger partial charge in [0.25, 0.3) is 5.91 Å². The summed E-state index contributed by atoms with van der Waals surface area (Å²) in [6.45, 7) is 2.45. The Morgan fingerprint density at radius 3 is 2.60 bits per heavy atom. The number of nitrogens with one attached hydrogen (secondary N) is 1. The largest absolute Gasteiger partial charge is 0.360 e. The van der Waals surface area contributed by atoms with Gasteiger partial charge in [-0.3, -0.25) is 4.79 Å². The van der Waals surface area contributed by atoms with Crippen LogP contribution in [0.2, 0.25) is 0 Å². The summed E-state index contributed by atoms with van der Waals surface area (Å²) in [6, 6.07) is 21.0. The molecule has 3 heterocycles. The summed E-state index contributed by atoms with van der Waals surface area (Å²) in [4.78, 5) is 24.3. The van der Waals surface area contributed by atoms with Crippen molar-refractivity contribution in [3.8, 4) is 11.4 Å². The molecular formula is C23H19N5O2. The molecule has 0 fully saturated rings. The Kier molecular flexibility index (Phi) is 4.48. The van der Waals surface area contributed by atoms with E-state index in [2.05, 4.69) is 26.5 Å². The first-order chi connectivity index (χ1) is 14.7. The first-order valence-electron chi connectivity index (χ1n) is 9.72. The van der Waals surface area contributed by atoms with E-state index in [-0.39, 0.29) is 5.91 Å². The highest BCUT2D eigenvalue weighted by atomic mass is 16.5. The zero-order chi connectivity index (χ0) is 20.5. The van der Waals surface area contributed by atoms with E-state index >= 15 is 0 Å². The minimum atomic E-state index is -0.154. The average molecular weight is 397 g/mol. The number of fused-ring (bicyclic) bond motifs is 1. The van der Waals surface area contributed by atoms with Crippen molar-refractivity contribution in [1.29, 1.82) is 0 Å². The topological polar surface area (TPSA) is 84.2 Å². The summed E-state index contributed by atoms with van der Waals surface area (Å²) in [6.07, 6.45) is 0.835. The third-order valence-corrected chi connectivity index (χ3v) is 4.99. The quantitative estimate of drug-likeness (QED) is 0.550. The van der Waals surface area contributed by atoms with Crippen LogP contribution in [-0.4, -0.2) is 27.6 Å². The lowest BCUT2D eigenvalue weighted by molar-refractivity contribution is 0.0984.